The lowest BCUT2D eigenvalue weighted by Crippen LogP contribution is -2.46. The molecule has 22 heavy (non-hydrogen) atoms. The van der Waals surface area contributed by atoms with Gasteiger partial charge in [-0.25, -0.2) is 0 Å². The number of hydrogen-bond donors (Lipinski definition) is 2. The maximum Gasteiger partial charge on any atom is 0.224 e. The highest BCUT2D eigenvalue weighted by Crippen LogP contribution is 2.50. The first-order valence-corrected chi connectivity index (χ1v) is 7.49. The van der Waals surface area contributed by atoms with Gasteiger partial charge in [0.15, 0.2) is 0 Å². The summed E-state index contributed by atoms with van der Waals surface area (Å²) in [5.41, 5.74) is 3.07. The van der Waals surface area contributed by atoms with E-state index in [-0.39, 0.29) is 24.2 Å². The van der Waals surface area contributed by atoms with Crippen molar-refractivity contribution >= 4 is 5.91 Å². The lowest BCUT2D eigenvalue weighted by Gasteiger charge is -2.26. The molecular formula is C18H17NO3. The number of ether oxygens (including phenoxy) is 1. The Balaban J connectivity index is 1.50. The van der Waals surface area contributed by atoms with E-state index in [0.717, 1.165) is 16.7 Å². The van der Waals surface area contributed by atoms with Crippen molar-refractivity contribution in [3.63, 3.8) is 0 Å². The molecule has 0 unspecified atom stereocenters. The normalized spacial score (nSPS) is 28.4. The summed E-state index contributed by atoms with van der Waals surface area (Å²) in [6, 6.07) is 17.1. The summed E-state index contributed by atoms with van der Waals surface area (Å²) in [5.74, 6) is -0.0936. The van der Waals surface area contributed by atoms with Gasteiger partial charge in [0, 0.05) is 0 Å². The van der Waals surface area contributed by atoms with Crippen LogP contribution in [0.1, 0.15) is 28.9 Å². The van der Waals surface area contributed by atoms with E-state index in [1.807, 2.05) is 54.6 Å². The fraction of sp³-hybridized carbons (Fsp3) is 0.278. The van der Waals surface area contributed by atoms with Crippen LogP contribution in [0, 0.1) is 0 Å². The van der Waals surface area contributed by atoms with E-state index in [1.165, 1.54) is 0 Å². The Bertz CT molecular complexity index is 700. The first-order chi connectivity index (χ1) is 10.7. The molecule has 2 aliphatic rings. The molecule has 0 aromatic heterocycles. The van der Waals surface area contributed by atoms with Crippen molar-refractivity contribution in [2.45, 2.75) is 30.8 Å². The van der Waals surface area contributed by atoms with Crippen molar-refractivity contribution in [1.29, 1.82) is 0 Å². The highest BCUT2D eigenvalue weighted by molar-refractivity contribution is 5.79. The van der Waals surface area contributed by atoms with Crippen molar-refractivity contribution in [1.82, 2.24) is 5.32 Å². The summed E-state index contributed by atoms with van der Waals surface area (Å²) < 4.78 is 5.85. The van der Waals surface area contributed by atoms with Crippen LogP contribution in [-0.2, 0) is 16.0 Å². The molecule has 0 aliphatic carbocycles. The third-order valence-corrected chi connectivity index (χ3v) is 4.44. The van der Waals surface area contributed by atoms with Crippen LogP contribution in [0.25, 0.3) is 0 Å². The summed E-state index contributed by atoms with van der Waals surface area (Å²) in [5, 5.41) is 13.3. The largest absolute Gasteiger partial charge is 0.388 e. The van der Waals surface area contributed by atoms with Gasteiger partial charge in [0.05, 0.1) is 12.5 Å². The Kier molecular flexibility index (Phi) is 3.21. The number of amides is 1. The molecule has 2 aromatic carbocycles. The van der Waals surface area contributed by atoms with Gasteiger partial charge in [-0.2, -0.15) is 0 Å². The average molecular weight is 295 g/mol. The fourth-order valence-corrected chi connectivity index (χ4v) is 3.42. The molecule has 4 nitrogen and oxygen atoms in total. The number of carbonyl (C=O) groups excluding carboxylic acids is 1. The smallest absolute Gasteiger partial charge is 0.224 e. The molecule has 0 saturated carbocycles. The zero-order chi connectivity index (χ0) is 15.1. The fourth-order valence-electron chi connectivity index (χ4n) is 3.42. The SMILES string of the molecule is O=C(Cc1ccccc1)N[C@H]1[C@H](O)[C@@H]2O[C@H]1c1ccccc12. The van der Waals surface area contributed by atoms with Crippen molar-refractivity contribution in [3.8, 4) is 0 Å². The minimum Gasteiger partial charge on any atom is -0.388 e. The first kappa shape index (κ1) is 13.5. The third kappa shape index (κ3) is 2.12. The van der Waals surface area contributed by atoms with Gasteiger partial charge >= 0.3 is 0 Å². The maximum atomic E-state index is 12.2. The van der Waals surface area contributed by atoms with Crippen LogP contribution in [0.15, 0.2) is 54.6 Å². The molecule has 2 heterocycles. The van der Waals surface area contributed by atoms with Crippen molar-refractivity contribution < 1.29 is 14.6 Å². The van der Waals surface area contributed by atoms with Gasteiger partial charge in [0.2, 0.25) is 5.91 Å². The lowest BCUT2D eigenvalue weighted by molar-refractivity contribution is -0.122. The molecule has 0 spiro atoms. The zero-order valence-electron chi connectivity index (χ0n) is 12.0. The molecule has 2 aromatic rings. The van der Waals surface area contributed by atoms with E-state index >= 15 is 0 Å². The van der Waals surface area contributed by atoms with Crippen LogP contribution in [-0.4, -0.2) is 23.2 Å². The predicted octanol–water partition coefficient (Wildman–Crippen LogP) is 1.90. The van der Waals surface area contributed by atoms with Gasteiger partial charge in [0.25, 0.3) is 0 Å². The second-order valence-corrected chi connectivity index (χ2v) is 5.85. The molecule has 4 rings (SSSR count). The van der Waals surface area contributed by atoms with Crippen LogP contribution in [0.2, 0.25) is 0 Å². The Morgan fingerprint density at radius 1 is 1.00 bits per heavy atom. The third-order valence-electron chi connectivity index (χ3n) is 4.44. The van der Waals surface area contributed by atoms with Gasteiger partial charge in [-0.15, -0.1) is 0 Å². The van der Waals surface area contributed by atoms with E-state index in [1.54, 1.807) is 0 Å². The molecular weight excluding hydrogens is 278 g/mol. The first-order valence-electron chi connectivity index (χ1n) is 7.49. The van der Waals surface area contributed by atoms with Crippen molar-refractivity contribution in [2.24, 2.45) is 0 Å². The predicted molar refractivity (Wildman–Crippen MR) is 81.1 cm³/mol. The standard InChI is InChI=1S/C18H17NO3/c20-14(10-11-6-2-1-3-7-11)19-15-16(21)18-13-9-5-4-8-12(13)17(15)22-18/h1-9,15-18,21H,10H2,(H,19,20)/t15-,16-,17-,18+/m0/s1. The molecule has 1 saturated heterocycles. The summed E-state index contributed by atoms with van der Waals surface area (Å²) in [7, 11) is 0. The molecule has 1 amide bonds. The number of benzene rings is 2. The highest BCUT2D eigenvalue weighted by atomic mass is 16.5. The quantitative estimate of drug-likeness (QED) is 0.909. The van der Waals surface area contributed by atoms with E-state index in [0.29, 0.717) is 6.42 Å². The molecule has 4 atom stereocenters. The summed E-state index contributed by atoms with van der Waals surface area (Å²) in [6.45, 7) is 0. The summed E-state index contributed by atoms with van der Waals surface area (Å²) >= 11 is 0. The number of hydrogen-bond acceptors (Lipinski definition) is 3. The van der Waals surface area contributed by atoms with Gasteiger partial charge < -0.3 is 15.2 Å². The van der Waals surface area contributed by atoms with Crippen LogP contribution < -0.4 is 5.32 Å². The number of aliphatic hydroxyl groups excluding tert-OH is 1. The highest BCUT2D eigenvalue weighted by Gasteiger charge is 2.52. The Labute approximate surface area is 128 Å². The lowest BCUT2D eigenvalue weighted by atomic mass is 9.86. The minimum absolute atomic E-state index is 0.0936. The Hall–Kier alpha value is -2.17. The second kappa shape index (κ2) is 5.23. The number of carbonyl (C=O) groups is 1. The average Bonchev–Trinajstić information content (AvgIpc) is 3.06. The number of nitrogens with one attached hydrogen (secondary N) is 1. The van der Waals surface area contributed by atoms with Gasteiger partial charge in [0.1, 0.15) is 18.3 Å². The summed E-state index contributed by atoms with van der Waals surface area (Å²) in [4.78, 5) is 12.2. The number of rotatable bonds is 3. The number of fused-ring (bicyclic) bond motifs is 5. The maximum absolute atomic E-state index is 12.2. The number of aliphatic hydroxyl groups is 1. The van der Waals surface area contributed by atoms with Crippen molar-refractivity contribution in [3.05, 3.63) is 71.3 Å². The summed E-state index contributed by atoms with van der Waals surface area (Å²) in [6.07, 6.45) is -0.970. The van der Waals surface area contributed by atoms with Crippen LogP contribution >= 0.6 is 0 Å². The molecule has 4 heteroatoms. The zero-order valence-corrected chi connectivity index (χ0v) is 12.0. The van der Waals surface area contributed by atoms with Crippen LogP contribution in [0.5, 0.6) is 0 Å². The minimum atomic E-state index is -0.695. The molecule has 2 N–H and O–H groups in total. The van der Waals surface area contributed by atoms with Gasteiger partial charge in [-0.1, -0.05) is 54.6 Å². The second-order valence-electron chi connectivity index (χ2n) is 5.85. The van der Waals surface area contributed by atoms with E-state index in [4.69, 9.17) is 4.74 Å². The van der Waals surface area contributed by atoms with Gasteiger partial charge in [-0.3, -0.25) is 4.79 Å². The molecule has 2 bridgehead atoms. The van der Waals surface area contributed by atoms with Crippen LogP contribution in [0.3, 0.4) is 0 Å². The van der Waals surface area contributed by atoms with Crippen LogP contribution in [0.4, 0.5) is 0 Å². The van der Waals surface area contributed by atoms with Gasteiger partial charge in [-0.05, 0) is 16.7 Å². The van der Waals surface area contributed by atoms with Crippen molar-refractivity contribution in [2.75, 3.05) is 0 Å². The topological polar surface area (TPSA) is 58.6 Å². The molecule has 1 fully saturated rings. The molecule has 2 aliphatic heterocycles. The van der Waals surface area contributed by atoms with E-state index in [2.05, 4.69) is 5.32 Å². The Morgan fingerprint density at radius 3 is 2.36 bits per heavy atom. The molecule has 112 valence electrons. The van der Waals surface area contributed by atoms with E-state index in [9.17, 15) is 9.90 Å². The molecule has 0 radical (unpaired) electrons. The monoisotopic (exact) mass is 295 g/mol. The Morgan fingerprint density at radius 2 is 1.64 bits per heavy atom. The van der Waals surface area contributed by atoms with E-state index < -0.39 is 6.10 Å².